The van der Waals surface area contributed by atoms with Crippen LogP contribution >= 0.6 is 0 Å². The third-order valence-electron chi connectivity index (χ3n) is 2.47. The second-order valence-corrected chi connectivity index (χ2v) is 4.03. The fraction of sp³-hybridized carbons (Fsp3) is 0.273. The Labute approximate surface area is 108 Å². The Bertz CT molecular complexity index is 575. The summed E-state index contributed by atoms with van der Waals surface area (Å²) in [5.41, 5.74) is -0.344. The van der Waals surface area contributed by atoms with Gasteiger partial charge in [-0.1, -0.05) is 0 Å². The molecule has 1 unspecified atom stereocenters. The van der Waals surface area contributed by atoms with Gasteiger partial charge >= 0.3 is 5.97 Å². The second-order valence-electron chi connectivity index (χ2n) is 4.03. The van der Waals surface area contributed by atoms with Crippen LogP contribution in [0.25, 0.3) is 0 Å². The summed E-state index contributed by atoms with van der Waals surface area (Å²) >= 11 is 0. The van der Waals surface area contributed by atoms with Gasteiger partial charge in [0.25, 0.3) is 5.91 Å². The fourth-order valence-electron chi connectivity index (χ4n) is 1.66. The zero-order chi connectivity index (χ0) is 13.8. The minimum atomic E-state index is -1.22. The molecular weight excluding hydrogens is 250 g/mol. The topological polar surface area (TPSA) is 113 Å². The molecule has 1 amide bonds. The van der Waals surface area contributed by atoms with E-state index in [0.717, 1.165) is 0 Å². The first-order valence-corrected chi connectivity index (χ1v) is 5.63. The third-order valence-corrected chi connectivity index (χ3v) is 2.47. The van der Waals surface area contributed by atoms with Crippen LogP contribution in [0.15, 0.2) is 24.8 Å². The number of aromatic amines is 1. The third kappa shape index (κ3) is 2.97. The molecule has 8 nitrogen and oxygen atoms in total. The maximum Gasteiger partial charge on any atom is 0.354 e. The molecule has 0 aliphatic rings. The summed E-state index contributed by atoms with van der Waals surface area (Å²) in [5, 5.41) is 15.6. The number of aromatic nitrogens is 4. The highest BCUT2D eigenvalue weighted by Crippen LogP contribution is 2.03. The van der Waals surface area contributed by atoms with Gasteiger partial charge in [-0.05, 0) is 13.0 Å². The molecule has 1 atom stereocenters. The maximum absolute atomic E-state index is 11.9. The van der Waals surface area contributed by atoms with Crippen LogP contribution in [0, 0.1) is 0 Å². The van der Waals surface area contributed by atoms with Crippen molar-refractivity contribution in [3.8, 4) is 0 Å². The molecule has 2 aromatic heterocycles. The summed E-state index contributed by atoms with van der Waals surface area (Å²) in [6.45, 7) is 2.29. The van der Waals surface area contributed by atoms with Crippen LogP contribution in [-0.4, -0.2) is 42.8 Å². The highest BCUT2D eigenvalue weighted by atomic mass is 16.4. The summed E-state index contributed by atoms with van der Waals surface area (Å²) in [7, 11) is 0. The van der Waals surface area contributed by atoms with Crippen LogP contribution in [-0.2, 0) is 6.54 Å². The molecule has 0 saturated heterocycles. The molecule has 0 bridgehead atoms. The van der Waals surface area contributed by atoms with Crippen molar-refractivity contribution in [3.63, 3.8) is 0 Å². The fourth-order valence-corrected chi connectivity index (χ4v) is 1.66. The molecule has 100 valence electrons. The highest BCUT2D eigenvalue weighted by Gasteiger charge is 2.20. The first-order chi connectivity index (χ1) is 9.08. The quantitative estimate of drug-likeness (QED) is 0.709. The SMILES string of the molecule is CC(Cn1cccn1)NC(=O)c1nc[nH]c1C(=O)O. The van der Waals surface area contributed by atoms with Gasteiger partial charge in [-0.2, -0.15) is 5.10 Å². The Kier molecular flexibility index (Phi) is 3.60. The lowest BCUT2D eigenvalue weighted by molar-refractivity contribution is 0.0684. The number of nitrogens with zero attached hydrogens (tertiary/aromatic N) is 3. The molecule has 0 aliphatic heterocycles. The van der Waals surface area contributed by atoms with Crippen LogP contribution in [0.2, 0.25) is 0 Å². The van der Waals surface area contributed by atoms with E-state index in [1.54, 1.807) is 30.1 Å². The van der Waals surface area contributed by atoms with E-state index in [4.69, 9.17) is 5.11 Å². The Morgan fingerprint density at radius 1 is 1.58 bits per heavy atom. The standard InChI is InChI=1S/C11H13N5O3/c1-7(5-16-4-2-3-14-16)15-10(17)8-9(11(18)19)13-6-12-8/h2-4,6-7H,5H2,1H3,(H,12,13)(H,15,17)(H,18,19). The lowest BCUT2D eigenvalue weighted by atomic mass is 10.2. The van der Waals surface area contributed by atoms with Crippen molar-refractivity contribution >= 4 is 11.9 Å². The number of hydrogen-bond donors (Lipinski definition) is 3. The number of carbonyl (C=O) groups excluding carboxylic acids is 1. The van der Waals surface area contributed by atoms with Gasteiger partial charge < -0.3 is 15.4 Å². The zero-order valence-corrected chi connectivity index (χ0v) is 10.2. The number of amides is 1. The zero-order valence-electron chi connectivity index (χ0n) is 10.2. The first-order valence-electron chi connectivity index (χ1n) is 5.63. The number of nitrogens with one attached hydrogen (secondary N) is 2. The van der Waals surface area contributed by atoms with E-state index in [2.05, 4.69) is 20.4 Å². The van der Waals surface area contributed by atoms with E-state index in [0.29, 0.717) is 6.54 Å². The number of carboxylic acid groups (broad SMARTS) is 1. The largest absolute Gasteiger partial charge is 0.477 e. The van der Waals surface area contributed by atoms with Crippen LogP contribution in [0.5, 0.6) is 0 Å². The molecule has 19 heavy (non-hydrogen) atoms. The summed E-state index contributed by atoms with van der Waals surface area (Å²) in [4.78, 5) is 28.9. The minimum absolute atomic E-state index is 0.125. The van der Waals surface area contributed by atoms with Crippen molar-refractivity contribution in [1.82, 2.24) is 25.1 Å². The lowest BCUT2D eigenvalue weighted by Gasteiger charge is -2.13. The molecule has 3 N–H and O–H groups in total. The summed E-state index contributed by atoms with van der Waals surface area (Å²) in [6.07, 6.45) is 4.60. The minimum Gasteiger partial charge on any atom is -0.477 e. The van der Waals surface area contributed by atoms with Crippen LogP contribution in [0.1, 0.15) is 27.9 Å². The van der Waals surface area contributed by atoms with E-state index in [9.17, 15) is 9.59 Å². The smallest absolute Gasteiger partial charge is 0.354 e. The van der Waals surface area contributed by atoms with Crippen molar-refractivity contribution < 1.29 is 14.7 Å². The molecule has 0 aromatic carbocycles. The number of H-pyrrole nitrogens is 1. The van der Waals surface area contributed by atoms with Gasteiger partial charge in [0, 0.05) is 18.4 Å². The van der Waals surface area contributed by atoms with Crippen LogP contribution < -0.4 is 5.32 Å². The molecule has 2 heterocycles. The molecular formula is C11H13N5O3. The van der Waals surface area contributed by atoms with E-state index in [1.807, 2.05) is 0 Å². The highest BCUT2D eigenvalue weighted by molar-refractivity contribution is 6.02. The molecule has 0 radical (unpaired) electrons. The number of aromatic carboxylic acids is 1. The summed E-state index contributed by atoms with van der Waals surface area (Å²) in [6, 6.07) is 1.58. The Morgan fingerprint density at radius 2 is 2.37 bits per heavy atom. The average molecular weight is 263 g/mol. The Balaban J connectivity index is 2.00. The number of rotatable bonds is 5. The van der Waals surface area contributed by atoms with Crippen molar-refractivity contribution in [3.05, 3.63) is 36.2 Å². The van der Waals surface area contributed by atoms with Gasteiger partial charge in [-0.3, -0.25) is 9.48 Å². The summed E-state index contributed by atoms with van der Waals surface area (Å²) < 4.78 is 1.67. The van der Waals surface area contributed by atoms with E-state index in [-0.39, 0.29) is 17.4 Å². The Morgan fingerprint density at radius 3 is 3.00 bits per heavy atom. The van der Waals surface area contributed by atoms with Crippen molar-refractivity contribution in [2.24, 2.45) is 0 Å². The average Bonchev–Trinajstić information content (AvgIpc) is 2.97. The number of hydrogen-bond acceptors (Lipinski definition) is 4. The van der Waals surface area contributed by atoms with E-state index in [1.165, 1.54) is 6.33 Å². The number of carbonyl (C=O) groups is 2. The first kappa shape index (κ1) is 12.8. The molecule has 0 fully saturated rings. The van der Waals surface area contributed by atoms with E-state index >= 15 is 0 Å². The molecule has 8 heteroatoms. The van der Waals surface area contributed by atoms with Gasteiger partial charge in [0.1, 0.15) is 0 Å². The summed E-state index contributed by atoms with van der Waals surface area (Å²) in [5.74, 6) is -1.75. The monoisotopic (exact) mass is 263 g/mol. The number of carboxylic acids is 1. The predicted molar refractivity (Wildman–Crippen MR) is 64.7 cm³/mol. The van der Waals surface area contributed by atoms with Gasteiger partial charge in [-0.15, -0.1) is 0 Å². The molecule has 0 saturated carbocycles. The maximum atomic E-state index is 11.9. The van der Waals surface area contributed by atoms with Crippen molar-refractivity contribution in [1.29, 1.82) is 0 Å². The van der Waals surface area contributed by atoms with Crippen molar-refractivity contribution in [2.45, 2.75) is 19.5 Å². The molecule has 2 aromatic rings. The lowest BCUT2D eigenvalue weighted by Crippen LogP contribution is -2.36. The Hall–Kier alpha value is -2.64. The van der Waals surface area contributed by atoms with Gasteiger partial charge in [0.2, 0.25) is 0 Å². The van der Waals surface area contributed by atoms with Gasteiger partial charge in [-0.25, -0.2) is 9.78 Å². The van der Waals surface area contributed by atoms with Gasteiger partial charge in [0.05, 0.1) is 12.9 Å². The number of imidazole rings is 1. The molecule has 2 rings (SSSR count). The van der Waals surface area contributed by atoms with Crippen LogP contribution in [0.3, 0.4) is 0 Å². The molecule has 0 spiro atoms. The van der Waals surface area contributed by atoms with E-state index < -0.39 is 11.9 Å². The second kappa shape index (κ2) is 5.34. The predicted octanol–water partition coefficient (Wildman–Crippen LogP) is 0.123. The van der Waals surface area contributed by atoms with Gasteiger partial charge in [0.15, 0.2) is 11.4 Å². The van der Waals surface area contributed by atoms with Crippen molar-refractivity contribution in [2.75, 3.05) is 0 Å². The normalized spacial score (nSPS) is 12.1. The van der Waals surface area contributed by atoms with Crippen LogP contribution in [0.4, 0.5) is 0 Å². The molecule has 0 aliphatic carbocycles.